The molecule has 0 aromatic heterocycles. The average molecular weight is 372 g/mol. The minimum atomic E-state index is -0.833. The van der Waals surface area contributed by atoms with Gasteiger partial charge in [-0.25, -0.2) is 0 Å². The first-order chi connectivity index (χ1) is 13.3. The van der Waals surface area contributed by atoms with Gasteiger partial charge in [-0.1, -0.05) is 54.2 Å². The number of anilines is 2. The molecular formula is C22H16N2O2S. The Bertz CT molecular complexity index is 1110. The maximum Gasteiger partial charge on any atom is 0.257 e. The van der Waals surface area contributed by atoms with Gasteiger partial charge in [0, 0.05) is 33.0 Å². The molecule has 3 aromatic rings. The fraction of sp³-hybridized carbons (Fsp3) is 0.136. The molecule has 0 aliphatic carbocycles. The second-order valence-corrected chi connectivity index (χ2v) is 7.95. The highest BCUT2D eigenvalue weighted by molar-refractivity contribution is 7.99. The third-order valence-electron chi connectivity index (χ3n) is 5.52. The number of ether oxygens (including phenoxy) is 1. The summed E-state index contributed by atoms with van der Waals surface area (Å²) < 4.78 is 6.37. The van der Waals surface area contributed by atoms with Gasteiger partial charge in [-0.05, 0) is 24.3 Å². The normalized spacial score (nSPS) is 21.9. The fourth-order valence-electron chi connectivity index (χ4n) is 4.39. The van der Waals surface area contributed by atoms with Gasteiger partial charge in [0.15, 0.2) is 5.72 Å². The van der Waals surface area contributed by atoms with E-state index in [0.29, 0.717) is 13.2 Å². The van der Waals surface area contributed by atoms with Crippen LogP contribution in [0.25, 0.3) is 0 Å². The molecule has 3 aliphatic rings. The van der Waals surface area contributed by atoms with Gasteiger partial charge < -0.3 is 10.1 Å². The van der Waals surface area contributed by atoms with Gasteiger partial charge in [-0.15, -0.1) is 0 Å². The van der Waals surface area contributed by atoms with Crippen molar-refractivity contribution in [3.8, 4) is 0 Å². The van der Waals surface area contributed by atoms with Crippen LogP contribution in [0.5, 0.6) is 0 Å². The van der Waals surface area contributed by atoms with Crippen LogP contribution in [-0.4, -0.2) is 24.0 Å². The molecule has 1 unspecified atom stereocenters. The Morgan fingerprint density at radius 1 is 0.926 bits per heavy atom. The summed E-state index contributed by atoms with van der Waals surface area (Å²) in [7, 11) is 0. The second kappa shape index (κ2) is 5.38. The number of rotatable bonds is 1. The van der Waals surface area contributed by atoms with E-state index in [9.17, 15) is 4.79 Å². The lowest BCUT2D eigenvalue weighted by atomic mass is 9.93. The molecule has 4 nitrogen and oxygen atoms in total. The lowest BCUT2D eigenvalue weighted by Crippen LogP contribution is -2.41. The summed E-state index contributed by atoms with van der Waals surface area (Å²) in [5.74, 6) is 0.0508. The number of fused-ring (bicyclic) bond motifs is 5. The Morgan fingerprint density at radius 2 is 1.70 bits per heavy atom. The van der Waals surface area contributed by atoms with Gasteiger partial charge in [-0.3, -0.25) is 9.69 Å². The van der Waals surface area contributed by atoms with Crippen LogP contribution >= 0.6 is 11.8 Å². The molecular weight excluding hydrogens is 356 g/mol. The first-order valence-electron chi connectivity index (χ1n) is 9.02. The molecule has 0 saturated carbocycles. The SMILES string of the molecule is O=C1c2ccccc2C2(c3cccc4c3Sc3ccccc3N4)OCCN12. The number of hydrogen-bond donors (Lipinski definition) is 1. The summed E-state index contributed by atoms with van der Waals surface area (Å²) in [6, 6.07) is 22.3. The summed E-state index contributed by atoms with van der Waals surface area (Å²) in [6.07, 6.45) is 0. The van der Waals surface area contributed by atoms with E-state index in [-0.39, 0.29) is 5.91 Å². The number of hydrogen-bond acceptors (Lipinski definition) is 4. The van der Waals surface area contributed by atoms with Gasteiger partial charge in [0.25, 0.3) is 5.91 Å². The Hall–Kier alpha value is -2.76. The summed E-state index contributed by atoms with van der Waals surface area (Å²) in [5.41, 5.74) is 4.04. The molecule has 132 valence electrons. The zero-order valence-electron chi connectivity index (χ0n) is 14.4. The second-order valence-electron chi connectivity index (χ2n) is 6.90. The molecule has 1 N–H and O–H groups in total. The van der Waals surface area contributed by atoms with Gasteiger partial charge in [0.05, 0.1) is 18.0 Å². The molecule has 0 radical (unpaired) electrons. The number of nitrogens with zero attached hydrogens (tertiary/aromatic N) is 1. The average Bonchev–Trinajstić information content (AvgIpc) is 3.25. The smallest absolute Gasteiger partial charge is 0.257 e. The number of para-hydroxylation sites is 1. The topological polar surface area (TPSA) is 41.6 Å². The van der Waals surface area contributed by atoms with Crippen molar-refractivity contribution in [3.63, 3.8) is 0 Å². The van der Waals surface area contributed by atoms with E-state index in [1.165, 1.54) is 4.90 Å². The van der Waals surface area contributed by atoms with E-state index >= 15 is 0 Å². The predicted molar refractivity (Wildman–Crippen MR) is 105 cm³/mol. The van der Waals surface area contributed by atoms with Gasteiger partial charge in [0.2, 0.25) is 0 Å². The molecule has 3 aromatic carbocycles. The minimum absolute atomic E-state index is 0.0508. The molecule has 0 bridgehead atoms. The van der Waals surface area contributed by atoms with E-state index in [1.807, 2.05) is 47.4 Å². The maximum absolute atomic E-state index is 13.0. The van der Waals surface area contributed by atoms with Crippen molar-refractivity contribution >= 4 is 29.0 Å². The lowest BCUT2D eigenvalue weighted by molar-refractivity contribution is -0.0322. The number of carbonyl (C=O) groups is 1. The molecule has 6 rings (SSSR count). The summed E-state index contributed by atoms with van der Waals surface area (Å²) in [5, 5.41) is 3.54. The molecule has 3 aliphatic heterocycles. The molecule has 1 saturated heterocycles. The van der Waals surface area contributed by atoms with Crippen molar-refractivity contribution in [1.82, 2.24) is 4.90 Å². The highest BCUT2D eigenvalue weighted by Gasteiger charge is 2.56. The van der Waals surface area contributed by atoms with Crippen LogP contribution in [0, 0.1) is 0 Å². The highest BCUT2D eigenvalue weighted by atomic mass is 32.2. The van der Waals surface area contributed by atoms with Crippen LogP contribution in [-0.2, 0) is 10.5 Å². The van der Waals surface area contributed by atoms with E-state index in [4.69, 9.17) is 4.74 Å². The van der Waals surface area contributed by atoms with Crippen LogP contribution < -0.4 is 5.32 Å². The third-order valence-corrected chi connectivity index (χ3v) is 6.74. The minimum Gasteiger partial charge on any atom is -0.354 e. The van der Waals surface area contributed by atoms with Crippen molar-refractivity contribution in [2.24, 2.45) is 0 Å². The van der Waals surface area contributed by atoms with E-state index in [1.54, 1.807) is 11.8 Å². The van der Waals surface area contributed by atoms with Gasteiger partial charge in [-0.2, -0.15) is 0 Å². The van der Waals surface area contributed by atoms with Gasteiger partial charge >= 0.3 is 0 Å². The summed E-state index contributed by atoms with van der Waals surface area (Å²) in [6.45, 7) is 1.14. The first kappa shape index (κ1) is 15.3. The Balaban J connectivity index is 1.60. The number of benzene rings is 3. The van der Waals surface area contributed by atoms with Crippen molar-refractivity contribution in [1.29, 1.82) is 0 Å². The maximum atomic E-state index is 13.0. The summed E-state index contributed by atoms with van der Waals surface area (Å²) >= 11 is 1.74. The molecule has 1 fully saturated rings. The Labute approximate surface area is 161 Å². The van der Waals surface area contributed by atoms with Crippen LogP contribution in [0.1, 0.15) is 21.5 Å². The molecule has 3 heterocycles. The fourth-order valence-corrected chi connectivity index (χ4v) is 5.53. The number of carbonyl (C=O) groups excluding carboxylic acids is 1. The van der Waals surface area contributed by atoms with Gasteiger partial charge in [0.1, 0.15) is 0 Å². The van der Waals surface area contributed by atoms with E-state index in [0.717, 1.165) is 33.0 Å². The zero-order valence-corrected chi connectivity index (χ0v) is 15.3. The molecule has 1 amide bonds. The van der Waals surface area contributed by atoms with Crippen LogP contribution in [0.3, 0.4) is 0 Å². The van der Waals surface area contributed by atoms with Crippen molar-refractivity contribution in [2.45, 2.75) is 15.5 Å². The predicted octanol–water partition coefficient (Wildman–Crippen LogP) is 4.58. The Morgan fingerprint density at radius 3 is 2.67 bits per heavy atom. The highest BCUT2D eigenvalue weighted by Crippen LogP contribution is 2.54. The van der Waals surface area contributed by atoms with Crippen molar-refractivity contribution in [2.75, 3.05) is 18.5 Å². The van der Waals surface area contributed by atoms with E-state index < -0.39 is 5.72 Å². The monoisotopic (exact) mass is 372 g/mol. The van der Waals surface area contributed by atoms with E-state index in [2.05, 4.69) is 29.6 Å². The van der Waals surface area contributed by atoms with Crippen LogP contribution in [0.15, 0.2) is 76.5 Å². The largest absolute Gasteiger partial charge is 0.354 e. The van der Waals surface area contributed by atoms with Crippen LogP contribution in [0.2, 0.25) is 0 Å². The standard InChI is InChI=1S/C22H16N2O2S/c25-21-14-6-1-2-7-15(14)22(24(21)12-13-26-22)16-8-5-10-18-20(16)27-19-11-4-3-9-17(19)23-18/h1-11,23H,12-13H2. The van der Waals surface area contributed by atoms with Crippen LogP contribution in [0.4, 0.5) is 11.4 Å². The summed E-state index contributed by atoms with van der Waals surface area (Å²) in [4.78, 5) is 17.2. The zero-order chi connectivity index (χ0) is 18.0. The first-order valence-corrected chi connectivity index (χ1v) is 9.83. The number of nitrogens with one attached hydrogen (secondary N) is 1. The molecule has 0 spiro atoms. The number of amides is 1. The molecule has 27 heavy (non-hydrogen) atoms. The Kier molecular flexibility index (Phi) is 3.05. The molecule has 5 heteroatoms. The quantitative estimate of drug-likeness (QED) is 0.531. The van der Waals surface area contributed by atoms with Crippen molar-refractivity contribution in [3.05, 3.63) is 83.4 Å². The lowest BCUT2D eigenvalue weighted by Gasteiger charge is -2.35. The van der Waals surface area contributed by atoms with Crippen molar-refractivity contribution < 1.29 is 9.53 Å². The third kappa shape index (κ3) is 1.90. The molecule has 1 atom stereocenters.